The largest absolute Gasteiger partial charge is 0.372 e. The summed E-state index contributed by atoms with van der Waals surface area (Å²) in [4.78, 5) is 7.07. The van der Waals surface area contributed by atoms with E-state index >= 15 is 0 Å². The lowest BCUT2D eigenvalue weighted by Gasteiger charge is -2.35. The summed E-state index contributed by atoms with van der Waals surface area (Å²) < 4.78 is 5.76. The number of aromatic nitrogens is 1. The molecule has 1 saturated heterocycles. The molecule has 0 amide bonds. The molecule has 1 aliphatic heterocycles. The Hall–Kier alpha value is -0.650. The number of morpholine rings is 1. The van der Waals surface area contributed by atoms with Crippen LogP contribution >= 0.6 is 11.3 Å². The molecule has 19 heavy (non-hydrogen) atoms. The maximum absolute atomic E-state index is 5.76. The lowest BCUT2D eigenvalue weighted by atomic mass is 10.2. The minimum Gasteiger partial charge on any atom is -0.372 e. The maximum Gasteiger partial charge on any atom is 0.185 e. The van der Waals surface area contributed by atoms with Gasteiger partial charge >= 0.3 is 0 Å². The Morgan fingerprint density at radius 1 is 1.42 bits per heavy atom. The predicted octanol–water partition coefficient (Wildman–Crippen LogP) is 2.50. The Labute approximate surface area is 120 Å². The molecule has 0 radical (unpaired) electrons. The SMILES string of the molecule is CC(C)CNCc1csc(N2C[C@@H](C)O[C@@H](C)C2)n1. The van der Waals surface area contributed by atoms with Crippen LogP contribution in [0.5, 0.6) is 0 Å². The quantitative estimate of drug-likeness (QED) is 0.901. The molecule has 0 saturated carbocycles. The summed E-state index contributed by atoms with van der Waals surface area (Å²) in [5, 5.41) is 6.72. The van der Waals surface area contributed by atoms with Crippen molar-refractivity contribution in [2.24, 2.45) is 5.92 Å². The van der Waals surface area contributed by atoms with Crippen molar-refractivity contribution < 1.29 is 4.74 Å². The van der Waals surface area contributed by atoms with Crippen molar-refractivity contribution in [2.75, 3.05) is 24.5 Å². The number of rotatable bonds is 5. The van der Waals surface area contributed by atoms with Gasteiger partial charge in [-0.3, -0.25) is 0 Å². The monoisotopic (exact) mass is 283 g/mol. The minimum atomic E-state index is 0.287. The summed E-state index contributed by atoms with van der Waals surface area (Å²) >= 11 is 1.74. The van der Waals surface area contributed by atoms with Crippen LogP contribution in [0.15, 0.2) is 5.38 Å². The van der Waals surface area contributed by atoms with Gasteiger partial charge in [0, 0.05) is 25.0 Å². The summed E-state index contributed by atoms with van der Waals surface area (Å²) in [5.74, 6) is 0.680. The van der Waals surface area contributed by atoms with E-state index in [0.717, 1.165) is 37.0 Å². The fourth-order valence-corrected chi connectivity index (χ4v) is 3.19. The first-order valence-corrected chi connectivity index (χ1v) is 7.98. The molecule has 5 heteroatoms. The van der Waals surface area contributed by atoms with Crippen molar-refractivity contribution >= 4 is 16.5 Å². The van der Waals surface area contributed by atoms with Crippen LogP contribution in [0.3, 0.4) is 0 Å². The Morgan fingerprint density at radius 3 is 2.74 bits per heavy atom. The Bertz CT molecular complexity index is 384. The standard InChI is InChI=1S/C14H25N3OS/c1-10(2)5-15-6-13-9-19-14(16-13)17-7-11(3)18-12(4)8-17/h9-12,15H,5-8H2,1-4H3/t11-,12+. The van der Waals surface area contributed by atoms with Gasteiger partial charge in [0.25, 0.3) is 0 Å². The molecule has 1 aromatic rings. The van der Waals surface area contributed by atoms with Crippen LogP contribution in [-0.4, -0.2) is 36.8 Å². The van der Waals surface area contributed by atoms with Crippen LogP contribution in [0.25, 0.3) is 0 Å². The molecule has 0 spiro atoms. The molecule has 1 aromatic heterocycles. The van der Waals surface area contributed by atoms with Gasteiger partial charge < -0.3 is 15.0 Å². The molecule has 2 atom stereocenters. The summed E-state index contributed by atoms with van der Waals surface area (Å²) in [6.45, 7) is 12.5. The number of ether oxygens (including phenoxy) is 1. The first-order valence-electron chi connectivity index (χ1n) is 7.10. The second-order valence-electron chi connectivity index (χ2n) is 5.81. The van der Waals surface area contributed by atoms with Gasteiger partial charge in [0.15, 0.2) is 5.13 Å². The molecule has 0 aliphatic carbocycles. The van der Waals surface area contributed by atoms with Gasteiger partial charge in [0.05, 0.1) is 17.9 Å². The van der Waals surface area contributed by atoms with Gasteiger partial charge in [0.1, 0.15) is 0 Å². The highest BCUT2D eigenvalue weighted by molar-refractivity contribution is 7.13. The first-order chi connectivity index (χ1) is 9.04. The van der Waals surface area contributed by atoms with Gasteiger partial charge in [-0.15, -0.1) is 11.3 Å². The highest BCUT2D eigenvalue weighted by Gasteiger charge is 2.24. The molecule has 0 aromatic carbocycles. The number of hydrogen-bond donors (Lipinski definition) is 1. The average Bonchev–Trinajstić information content (AvgIpc) is 2.76. The third-order valence-corrected chi connectivity index (χ3v) is 4.04. The highest BCUT2D eigenvalue weighted by Crippen LogP contribution is 2.24. The predicted molar refractivity (Wildman–Crippen MR) is 80.9 cm³/mol. The number of thiazole rings is 1. The fourth-order valence-electron chi connectivity index (χ4n) is 2.35. The Kier molecular flexibility index (Phi) is 5.19. The van der Waals surface area contributed by atoms with Crippen molar-refractivity contribution in [1.82, 2.24) is 10.3 Å². The van der Waals surface area contributed by atoms with Crippen molar-refractivity contribution in [3.05, 3.63) is 11.1 Å². The molecule has 2 rings (SSSR count). The van der Waals surface area contributed by atoms with E-state index < -0.39 is 0 Å². The van der Waals surface area contributed by atoms with E-state index in [1.54, 1.807) is 11.3 Å². The van der Waals surface area contributed by atoms with E-state index in [1.807, 2.05) is 0 Å². The van der Waals surface area contributed by atoms with Crippen molar-refractivity contribution in [3.63, 3.8) is 0 Å². The van der Waals surface area contributed by atoms with E-state index in [-0.39, 0.29) is 12.2 Å². The molecule has 2 heterocycles. The zero-order valence-corrected chi connectivity index (χ0v) is 13.2. The number of nitrogens with zero attached hydrogens (tertiary/aromatic N) is 2. The molecule has 0 bridgehead atoms. The first kappa shape index (κ1) is 14.8. The average molecular weight is 283 g/mol. The van der Waals surface area contributed by atoms with E-state index in [4.69, 9.17) is 9.72 Å². The van der Waals surface area contributed by atoms with E-state index in [0.29, 0.717) is 5.92 Å². The number of hydrogen-bond acceptors (Lipinski definition) is 5. The lowest BCUT2D eigenvalue weighted by molar-refractivity contribution is -0.00523. The topological polar surface area (TPSA) is 37.4 Å². The van der Waals surface area contributed by atoms with Gasteiger partial charge in [0.2, 0.25) is 0 Å². The summed E-state index contributed by atoms with van der Waals surface area (Å²) in [6, 6.07) is 0. The summed E-state index contributed by atoms with van der Waals surface area (Å²) in [5.41, 5.74) is 1.15. The second-order valence-corrected chi connectivity index (χ2v) is 6.65. The van der Waals surface area contributed by atoms with Gasteiger partial charge in [-0.1, -0.05) is 13.8 Å². The number of anilines is 1. The zero-order chi connectivity index (χ0) is 13.8. The number of nitrogens with one attached hydrogen (secondary N) is 1. The molecule has 1 fully saturated rings. The van der Waals surface area contributed by atoms with E-state index in [9.17, 15) is 0 Å². The maximum atomic E-state index is 5.76. The van der Waals surface area contributed by atoms with E-state index in [2.05, 4.69) is 43.3 Å². The molecule has 108 valence electrons. The van der Waals surface area contributed by atoms with Crippen molar-refractivity contribution in [1.29, 1.82) is 0 Å². The molecule has 0 unspecified atom stereocenters. The smallest absolute Gasteiger partial charge is 0.185 e. The molecule has 1 aliphatic rings. The lowest BCUT2D eigenvalue weighted by Crippen LogP contribution is -2.45. The summed E-state index contributed by atoms with van der Waals surface area (Å²) in [7, 11) is 0. The third kappa shape index (κ3) is 4.44. The van der Waals surface area contributed by atoms with Crippen LogP contribution in [-0.2, 0) is 11.3 Å². The summed E-state index contributed by atoms with van der Waals surface area (Å²) in [6.07, 6.45) is 0.574. The molecular weight excluding hydrogens is 258 g/mol. The van der Waals surface area contributed by atoms with Crippen molar-refractivity contribution in [3.8, 4) is 0 Å². The molecular formula is C14H25N3OS. The van der Waals surface area contributed by atoms with Gasteiger partial charge in [-0.25, -0.2) is 4.98 Å². The van der Waals surface area contributed by atoms with Crippen molar-refractivity contribution in [2.45, 2.75) is 46.4 Å². The van der Waals surface area contributed by atoms with Crippen LogP contribution in [0.2, 0.25) is 0 Å². The molecule has 1 N–H and O–H groups in total. The van der Waals surface area contributed by atoms with Gasteiger partial charge in [-0.05, 0) is 26.3 Å². The zero-order valence-electron chi connectivity index (χ0n) is 12.3. The van der Waals surface area contributed by atoms with Crippen LogP contribution in [0.1, 0.15) is 33.4 Å². The second kappa shape index (κ2) is 6.68. The minimum absolute atomic E-state index is 0.287. The van der Waals surface area contributed by atoms with Crippen LogP contribution < -0.4 is 10.2 Å². The normalized spacial score (nSPS) is 24.2. The fraction of sp³-hybridized carbons (Fsp3) is 0.786. The Balaban J connectivity index is 1.89. The van der Waals surface area contributed by atoms with Crippen LogP contribution in [0, 0.1) is 5.92 Å². The third-order valence-electron chi connectivity index (χ3n) is 3.09. The Morgan fingerprint density at radius 2 is 2.11 bits per heavy atom. The molecule has 4 nitrogen and oxygen atoms in total. The van der Waals surface area contributed by atoms with E-state index in [1.165, 1.54) is 0 Å². The van der Waals surface area contributed by atoms with Crippen LogP contribution in [0.4, 0.5) is 5.13 Å². The van der Waals surface area contributed by atoms with Gasteiger partial charge in [-0.2, -0.15) is 0 Å². The highest BCUT2D eigenvalue weighted by atomic mass is 32.1.